The fourth-order valence-electron chi connectivity index (χ4n) is 3.55. The molecule has 120 valence electrons. The first-order valence-electron chi connectivity index (χ1n) is 8.47. The van der Waals surface area contributed by atoms with Gasteiger partial charge in [-0.15, -0.1) is 0 Å². The van der Waals surface area contributed by atoms with Crippen molar-refractivity contribution in [1.29, 1.82) is 0 Å². The van der Waals surface area contributed by atoms with Crippen molar-refractivity contribution >= 4 is 5.78 Å². The maximum Gasteiger partial charge on any atom is 0.171 e. The number of hydrogen-bond donors (Lipinski definition) is 0. The van der Waals surface area contributed by atoms with E-state index >= 15 is 0 Å². The highest BCUT2D eigenvalue weighted by Gasteiger charge is 2.35. The third kappa shape index (κ3) is 3.53. The number of hydrogen-bond acceptors (Lipinski definition) is 2. The molecule has 0 saturated carbocycles. The summed E-state index contributed by atoms with van der Waals surface area (Å²) in [7, 11) is 0. The van der Waals surface area contributed by atoms with Crippen LogP contribution in [-0.2, 0) is 0 Å². The molecule has 2 aromatic carbocycles. The van der Waals surface area contributed by atoms with Crippen molar-refractivity contribution in [1.82, 2.24) is 4.90 Å². The topological polar surface area (TPSA) is 20.3 Å². The largest absolute Gasteiger partial charge is 0.297 e. The minimum absolute atomic E-state index is 0.101. The van der Waals surface area contributed by atoms with Crippen LogP contribution in [0.3, 0.4) is 0 Å². The molecule has 3 rings (SSSR count). The number of rotatable bonds is 5. The molecule has 1 heterocycles. The molecule has 0 aliphatic carbocycles. The number of ketones is 1. The summed E-state index contributed by atoms with van der Waals surface area (Å²) in [6.07, 6.45) is 2.42. The van der Waals surface area contributed by atoms with E-state index in [0.717, 1.165) is 24.2 Å². The van der Waals surface area contributed by atoms with E-state index in [4.69, 9.17) is 0 Å². The summed E-state index contributed by atoms with van der Waals surface area (Å²) in [5, 5.41) is 0. The zero-order valence-electron chi connectivity index (χ0n) is 14.0. The van der Waals surface area contributed by atoms with Gasteiger partial charge in [-0.25, -0.2) is 0 Å². The smallest absolute Gasteiger partial charge is 0.171 e. The van der Waals surface area contributed by atoms with Crippen LogP contribution in [0.4, 0.5) is 0 Å². The second-order valence-corrected chi connectivity index (χ2v) is 7.06. The van der Waals surface area contributed by atoms with Gasteiger partial charge in [0.25, 0.3) is 0 Å². The van der Waals surface area contributed by atoms with E-state index in [1.54, 1.807) is 0 Å². The summed E-state index contributed by atoms with van der Waals surface area (Å²) in [5.41, 5.74) is 2.10. The lowest BCUT2D eigenvalue weighted by atomic mass is 9.89. The Hall–Kier alpha value is -1.93. The summed E-state index contributed by atoms with van der Waals surface area (Å²) in [5.74, 6) is 0.121. The van der Waals surface area contributed by atoms with Crippen LogP contribution in [-0.4, -0.2) is 29.3 Å². The molecule has 2 aromatic rings. The number of Topliss-reactive ketones (excluding diaryl/α,β-unsaturated/α-hetero) is 1. The van der Waals surface area contributed by atoms with E-state index in [2.05, 4.69) is 30.9 Å². The highest BCUT2D eigenvalue weighted by atomic mass is 16.1. The highest BCUT2D eigenvalue weighted by Crippen LogP contribution is 2.32. The van der Waals surface area contributed by atoms with Gasteiger partial charge < -0.3 is 0 Å². The van der Waals surface area contributed by atoms with Crippen molar-refractivity contribution in [2.75, 3.05) is 13.1 Å². The van der Waals surface area contributed by atoms with Gasteiger partial charge in [-0.3, -0.25) is 9.69 Å². The van der Waals surface area contributed by atoms with Crippen LogP contribution in [0.1, 0.15) is 48.5 Å². The van der Waals surface area contributed by atoms with E-state index in [0.29, 0.717) is 0 Å². The van der Waals surface area contributed by atoms with Gasteiger partial charge in [0.1, 0.15) is 0 Å². The third-order valence-corrected chi connectivity index (χ3v) is 5.05. The first kappa shape index (κ1) is 15.9. The predicted molar refractivity (Wildman–Crippen MR) is 94.8 cm³/mol. The molecule has 23 heavy (non-hydrogen) atoms. The van der Waals surface area contributed by atoms with Crippen LogP contribution in [0.25, 0.3) is 0 Å². The maximum absolute atomic E-state index is 13.1. The molecule has 0 radical (unpaired) electrons. The summed E-state index contributed by atoms with van der Waals surface area (Å²) in [6.45, 7) is 6.45. The Labute approximate surface area is 139 Å². The number of carbonyl (C=O) groups excluding carboxylic acids is 1. The van der Waals surface area contributed by atoms with E-state index in [1.807, 2.05) is 48.5 Å². The van der Waals surface area contributed by atoms with E-state index < -0.39 is 0 Å². The zero-order valence-corrected chi connectivity index (χ0v) is 14.0. The SMILES string of the molecule is CC1(C)CCCN1CC(C(=O)c1ccccc1)c1ccccc1. The van der Waals surface area contributed by atoms with E-state index in [1.165, 1.54) is 12.8 Å². The van der Waals surface area contributed by atoms with Crippen molar-refractivity contribution in [2.45, 2.75) is 38.1 Å². The normalized spacial score (nSPS) is 18.7. The molecule has 0 spiro atoms. The third-order valence-electron chi connectivity index (χ3n) is 5.05. The molecule has 0 aromatic heterocycles. The van der Waals surface area contributed by atoms with Gasteiger partial charge in [0, 0.05) is 17.6 Å². The highest BCUT2D eigenvalue weighted by molar-refractivity contribution is 6.01. The first-order valence-corrected chi connectivity index (χ1v) is 8.47. The van der Waals surface area contributed by atoms with E-state index in [-0.39, 0.29) is 17.2 Å². The van der Waals surface area contributed by atoms with Gasteiger partial charge >= 0.3 is 0 Å². The average Bonchev–Trinajstić information content (AvgIpc) is 2.92. The molecule has 1 atom stereocenters. The minimum Gasteiger partial charge on any atom is -0.297 e. The quantitative estimate of drug-likeness (QED) is 0.757. The van der Waals surface area contributed by atoms with Crippen LogP contribution in [0.2, 0.25) is 0 Å². The summed E-state index contributed by atoms with van der Waals surface area (Å²) in [4.78, 5) is 15.6. The minimum atomic E-state index is -0.101. The molecular formula is C21H25NO. The van der Waals surface area contributed by atoms with Crippen molar-refractivity contribution in [3.63, 3.8) is 0 Å². The lowest BCUT2D eigenvalue weighted by Crippen LogP contribution is -2.42. The molecule has 0 N–H and O–H groups in total. The van der Waals surface area contributed by atoms with Crippen molar-refractivity contribution in [2.24, 2.45) is 0 Å². The van der Waals surface area contributed by atoms with Crippen molar-refractivity contribution in [3.8, 4) is 0 Å². The Morgan fingerprint density at radius 2 is 1.65 bits per heavy atom. The molecule has 1 aliphatic heterocycles. The first-order chi connectivity index (χ1) is 11.1. The molecule has 2 heteroatoms. The second-order valence-electron chi connectivity index (χ2n) is 7.06. The Kier molecular flexibility index (Phi) is 4.63. The van der Waals surface area contributed by atoms with Crippen LogP contribution in [0.15, 0.2) is 60.7 Å². The lowest BCUT2D eigenvalue weighted by Gasteiger charge is -2.34. The van der Waals surface area contributed by atoms with Crippen molar-refractivity contribution < 1.29 is 4.79 Å². The van der Waals surface area contributed by atoms with Gasteiger partial charge in [0.05, 0.1) is 5.92 Å². The number of carbonyl (C=O) groups is 1. The van der Waals surface area contributed by atoms with Gasteiger partial charge in [-0.2, -0.15) is 0 Å². The molecule has 0 amide bonds. The molecular weight excluding hydrogens is 282 g/mol. The Morgan fingerprint density at radius 3 is 2.22 bits per heavy atom. The molecule has 1 fully saturated rings. The van der Waals surface area contributed by atoms with Gasteiger partial charge in [0.2, 0.25) is 0 Å². The summed E-state index contributed by atoms with van der Waals surface area (Å²) in [6, 6.07) is 19.9. The van der Waals surface area contributed by atoms with Gasteiger partial charge in [-0.1, -0.05) is 60.7 Å². The van der Waals surface area contributed by atoms with Crippen molar-refractivity contribution in [3.05, 3.63) is 71.8 Å². The molecule has 1 unspecified atom stereocenters. The van der Waals surface area contributed by atoms with Crippen LogP contribution < -0.4 is 0 Å². The number of likely N-dealkylation sites (tertiary alicyclic amines) is 1. The van der Waals surface area contributed by atoms with Gasteiger partial charge in [0.15, 0.2) is 5.78 Å². The van der Waals surface area contributed by atoms with Crippen LogP contribution >= 0.6 is 0 Å². The molecule has 2 nitrogen and oxygen atoms in total. The average molecular weight is 307 g/mol. The Bertz CT molecular complexity index is 648. The fourth-order valence-corrected chi connectivity index (χ4v) is 3.55. The Morgan fingerprint density at radius 1 is 1.04 bits per heavy atom. The van der Waals surface area contributed by atoms with E-state index in [9.17, 15) is 4.79 Å². The monoisotopic (exact) mass is 307 g/mol. The maximum atomic E-state index is 13.1. The number of benzene rings is 2. The summed E-state index contributed by atoms with van der Waals surface area (Å²) >= 11 is 0. The fraction of sp³-hybridized carbons (Fsp3) is 0.381. The Balaban J connectivity index is 1.90. The predicted octanol–water partition coefficient (Wildman–Crippen LogP) is 4.53. The van der Waals surface area contributed by atoms with Crippen LogP contribution in [0, 0.1) is 0 Å². The zero-order chi connectivity index (χ0) is 16.3. The molecule has 0 bridgehead atoms. The summed E-state index contributed by atoms with van der Waals surface area (Å²) < 4.78 is 0. The second kappa shape index (κ2) is 6.67. The lowest BCUT2D eigenvalue weighted by molar-refractivity contribution is 0.0903. The van der Waals surface area contributed by atoms with Gasteiger partial charge in [-0.05, 0) is 38.8 Å². The molecule has 1 saturated heterocycles. The van der Waals surface area contributed by atoms with Crippen LogP contribution in [0.5, 0.6) is 0 Å². The number of nitrogens with zero attached hydrogens (tertiary/aromatic N) is 1. The standard InChI is InChI=1S/C21H25NO/c1-21(2)14-9-15-22(21)16-19(17-10-5-3-6-11-17)20(23)18-12-7-4-8-13-18/h3-8,10-13,19H,9,14-16H2,1-2H3. The molecule has 1 aliphatic rings.